The Morgan fingerprint density at radius 2 is 1.80 bits per heavy atom. The highest BCUT2D eigenvalue weighted by Crippen LogP contribution is 2.60. The van der Waals surface area contributed by atoms with E-state index in [9.17, 15) is 19.5 Å². The molecule has 2 aromatic rings. The lowest BCUT2D eigenvalue weighted by Crippen LogP contribution is -2.57. The highest BCUT2D eigenvalue weighted by molar-refractivity contribution is 9.09. The molecule has 0 radical (unpaired) electrons. The molecule has 45 heavy (non-hydrogen) atoms. The van der Waals surface area contributed by atoms with E-state index in [1.54, 1.807) is 26.9 Å². The summed E-state index contributed by atoms with van der Waals surface area (Å²) in [4.78, 5) is 48.3. The first-order chi connectivity index (χ1) is 21.8. The quantitative estimate of drug-likeness (QED) is 0.171. The lowest BCUT2D eigenvalue weighted by molar-refractivity contribution is -0.148. The van der Waals surface area contributed by atoms with Gasteiger partial charge in [-0.25, -0.2) is 0 Å². The van der Waals surface area contributed by atoms with Crippen molar-refractivity contribution in [3.05, 3.63) is 85.5 Å². The minimum absolute atomic E-state index is 0.0203. The molecule has 1 N–H and O–H groups in total. The fourth-order valence-electron chi connectivity index (χ4n) is 7.21. The number of aliphatic hydroxyl groups is 1. The molecule has 10 heteroatoms. The normalized spacial score (nSPS) is 26.4. The second kappa shape index (κ2) is 14.3. The predicted molar refractivity (Wildman–Crippen MR) is 176 cm³/mol. The molecule has 2 aromatic carbocycles. The minimum Gasteiger partial charge on any atom is -0.494 e. The molecule has 3 unspecified atom stereocenters. The van der Waals surface area contributed by atoms with Gasteiger partial charge in [-0.3, -0.25) is 14.4 Å². The van der Waals surface area contributed by atoms with E-state index < -0.39 is 29.6 Å². The van der Waals surface area contributed by atoms with E-state index >= 15 is 0 Å². The van der Waals surface area contributed by atoms with Crippen molar-refractivity contribution in [2.24, 2.45) is 11.8 Å². The van der Waals surface area contributed by atoms with E-state index in [0.717, 1.165) is 5.56 Å². The van der Waals surface area contributed by atoms with Gasteiger partial charge in [-0.05, 0) is 56.0 Å². The molecule has 0 aliphatic carbocycles. The average Bonchev–Trinajstić information content (AvgIpc) is 3.63. The molecule has 3 amide bonds. The van der Waals surface area contributed by atoms with Crippen LogP contribution >= 0.6 is 15.9 Å². The Morgan fingerprint density at radius 1 is 1.09 bits per heavy atom. The number of anilines is 1. The lowest BCUT2D eigenvalue weighted by atomic mass is 9.70. The number of rotatable bonds is 15. The smallest absolute Gasteiger partial charge is 0.248 e. The number of carbonyl (C=O) groups is 3. The van der Waals surface area contributed by atoms with E-state index in [0.29, 0.717) is 43.9 Å². The summed E-state index contributed by atoms with van der Waals surface area (Å²) in [5, 5.41) is 9.50. The highest BCUT2D eigenvalue weighted by atomic mass is 79.9. The van der Waals surface area contributed by atoms with Gasteiger partial charge in [0.25, 0.3) is 0 Å². The highest BCUT2D eigenvalue weighted by Gasteiger charge is 2.76. The number of likely N-dealkylation sites (tertiary alicyclic amines) is 1. The Balaban J connectivity index is 1.52. The summed E-state index contributed by atoms with van der Waals surface area (Å²) >= 11 is 3.77. The van der Waals surface area contributed by atoms with E-state index in [4.69, 9.17) is 9.47 Å². The number of halogens is 1. The third kappa shape index (κ3) is 6.20. The van der Waals surface area contributed by atoms with Gasteiger partial charge in [0.05, 0.1) is 24.5 Å². The molecule has 0 saturated carbocycles. The number of carbonyl (C=O) groups excluding carboxylic acids is 3. The number of unbranched alkanes of at least 4 members (excludes halogenated alkanes) is 1. The third-order valence-electron chi connectivity index (χ3n) is 9.03. The van der Waals surface area contributed by atoms with Gasteiger partial charge in [-0.1, -0.05) is 58.4 Å². The average molecular weight is 681 g/mol. The third-order valence-corrected chi connectivity index (χ3v) is 9.87. The summed E-state index contributed by atoms with van der Waals surface area (Å²) in [7, 11) is 0. The van der Waals surface area contributed by atoms with Gasteiger partial charge in [-0.2, -0.15) is 0 Å². The van der Waals surface area contributed by atoms with Crippen LogP contribution in [0.2, 0.25) is 0 Å². The first-order valence-corrected chi connectivity index (χ1v) is 16.5. The summed E-state index contributed by atoms with van der Waals surface area (Å²) in [6.45, 7) is 11.3. The van der Waals surface area contributed by atoms with Crippen LogP contribution in [0.3, 0.4) is 0 Å². The number of hydrogen-bond acceptors (Lipinski definition) is 6. The fraction of sp³-hybridized carbons (Fsp3) is 0.457. The largest absolute Gasteiger partial charge is 0.494 e. The Morgan fingerprint density at radius 3 is 2.44 bits per heavy atom. The van der Waals surface area contributed by atoms with E-state index in [-0.39, 0.29) is 48.8 Å². The van der Waals surface area contributed by atoms with Crippen LogP contribution in [0.25, 0.3) is 0 Å². The summed E-state index contributed by atoms with van der Waals surface area (Å²) in [5.41, 5.74) is 0.432. The van der Waals surface area contributed by atoms with Crippen molar-refractivity contribution in [3.8, 4) is 5.75 Å². The second-order valence-electron chi connectivity index (χ2n) is 11.8. The maximum absolute atomic E-state index is 14.6. The standard InChI is InChI=1S/C35H42BrN3O6/c1-4-18-37(23-24-12-8-7-9-13-24)34(43)31-35-22-27(36)30(45-35)28(29(35)33(42)39(31)20-10-11-21-40)32(41)38(19-5-2)25-14-16-26(17-15-25)44-6-3/h4-5,7-9,12-17,27-31,40H,1-2,6,10-11,18-23H2,3H3/t27?,28-,29+,30-,31?,35?/m1/s1. The molecule has 0 aromatic heterocycles. The van der Waals surface area contributed by atoms with Gasteiger partial charge < -0.3 is 29.3 Å². The number of fused-ring (bicyclic) bond motifs is 1. The molecule has 3 aliphatic heterocycles. The van der Waals surface area contributed by atoms with Gasteiger partial charge in [0.15, 0.2) is 0 Å². The van der Waals surface area contributed by atoms with Gasteiger partial charge in [0.1, 0.15) is 17.4 Å². The molecule has 1 spiro atoms. The van der Waals surface area contributed by atoms with Crippen molar-refractivity contribution >= 4 is 39.3 Å². The second-order valence-corrected chi connectivity index (χ2v) is 13.0. The summed E-state index contributed by atoms with van der Waals surface area (Å²) in [6, 6.07) is 16.0. The van der Waals surface area contributed by atoms with Crippen molar-refractivity contribution in [3.63, 3.8) is 0 Å². The Hall–Kier alpha value is -3.47. The van der Waals surface area contributed by atoms with E-state index in [1.165, 1.54) is 0 Å². The van der Waals surface area contributed by atoms with Crippen LogP contribution in [0.1, 0.15) is 31.7 Å². The van der Waals surface area contributed by atoms with Crippen molar-refractivity contribution in [1.82, 2.24) is 9.80 Å². The van der Waals surface area contributed by atoms with E-state index in [1.807, 2.05) is 61.5 Å². The number of amides is 3. The minimum atomic E-state index is -1.18. The van der Waals surface area contributed by atoms with Gasteiger partial charge in [-0.15, -0.1) is 13.2 Å². The van der Waals surface area contributed by atoms with Crippen LogP contribution in [0.4, 0.5) is 5.69 Å². The zero-order valence-corrected chi connectivity index (χ0v) is 27.3. The van der Waals surface area contributed by atoms with Crippen molar-refractivity contribution in [2.45, 2.75) is 55.3 Å². The number of nitrogens with zero attached hydrogens (tertiary/aromatic N) is 3. The molecule has 3 saturated heterocycles. The van der Waals surface area contributed by atoms with Crippen LogP contribution < -0.4 is 9.64 Å². The van der Waals surface area contributed by atoms with Gasteiger partial charge >= 0.3 is 0 Å². The van der Waals surface area contributed by atoms with Crippen molar-refractivity contribution in [2.75, 3.05) is 37.7 Å². The van der Waals surface area contributed by atoms with Crippen molar-refractivity contribution in [1.29, 1.82) is 0 Å². The van der Waals surface area contributed by atoms with Crippen LogP contribution in [-0.2, 0) is 25.7 Å². The topological polar surface area (TPSA) is 99.6 Å². The molecule has 5 rings (SSSR count). The molecule has 2 bridgehead atoms. The maximum atomic E-state index is 14.6. The number of hydrogen-bond donors (Lipinski definition) is 1. The molecule has 3 heterocycles. The number of aliphatic hydroxyl groups excluding tert-OH is 1. The summed E-state index contributed by atoms with van der Waals surface area (Å²) in [6.07, 6.45) is 4.18. The molecule has 3 aliphatic rings. The molecular weight excluding hydrogens is 638 g/mol. The zero-order chi connectivity index (χ0) is 32.1. The molecule has 9 nitrogen and oxygen atoms in total. The maximum Gasteiger partial charge on any atom is 0.248 e. The van der Waals surface area contributed by atoms with Gasteiger partial charge in [0, 0.05) is 43.3 Å². The first kappa shape index (κ1) is 32.9. The Bertz CT molecular complexity index is 1390. The van der Waals surface area contributed by atoms with E-state index in [2.05, 4.69) is 29.1 Å². The first-order valence-electron chi connectivity index (χ1n) is 15.6. The SMILES string of the molecule is C=CCN(Cc1ccccc1)C(=O)C1N(CCCCO)C(=O)[C@@H]2[C@@H](C(=O)N(CC=C)c3ccc(OCC)cc3)[C@@H]3OC12CC3Br. The number of ether oxygens (including phenoxy) is 2. The molecule has 6 atom stereocenters. The van der Waals surface area contributed by atoms with Crippen LogP contribution in [0, 0.1) is 11.8 Å². The predicted octanol–water partition coefficient (Wildman–Crippen LogP) is 4.34. The summed E-state index contributed by atoms with van der Waals surface area (Å²) in [5.74, 6) is -1.67. The number of benzene rings is 2. The zero-order valence-electron chi connectivity index (χ0n) is 25.7. The van der Waals surface area contributed by atoms with Crippen molar-refractivity contribution < 1.29 is 29.0 Å². The fourth-order valence-corrected chi connectivity index (χ4v) is 8.15. The van der Waals surface area contributed by atoms with Gasteiger partial charge in [0.2, 0.25) is 17.7 Å². The molecular formula is C35H42BrN3O6. The lowest BCUT2D eigenvalue weighted by Gasteiger charge is -2.37. The number of alkyl halides is 1. The van der Waals surface area contributed by atoms with Crippen LogP contribution in [0.5, 0.6) is 5.75 Å². The summed E-state index contributed by atoms with van der Waals surface area (Å²) < 4.78 is 12.3. The Labute approximate surface area is 273 Å². The molecule has 240 valence electrons. The molecule has 3 fully saturated rings. The monoisotopic (exact) mass is 679 g/mol. The van der Waals surface area contributed by atoms with Crippen LogP contribution in [-0.4, -0.2) is 88.0 Å². The van der Waals surface area contributed by atoms with Crippen LogP contribution in [0.15, 0.2) is 79.9 Å². The Kier molecular flexibility index (Phi) is 10.5.